The SMILES string of the molecule is COc1cc(C(=O)/C=C/c2ccc(C#N)cc2)ccc1O. The summed E-state index contributed by atoms with van der Waals surface area (Å²) < 4.78 is 4.97. The third-order valence-electron chi connectivity index (χ3n) is 2.93. The maximum absolute atomic E-state index is 12.0. The van der Waals surface area contributed by atoms with E-state index >= 15 is 0 Å². The summed E-state index contributed by atoms with van der Waals surface area (Å²) in [6.07, 6.45) is 3.11. The maximum Gasteiger partial charge on any atom is 0.185 e. The van der Waals surface area contributed by atoms with Gasteiger partial charge in [-0.05, 0) is 42.0 Å². The van der Waals surface area contributed by atoms with Gasteiger partial charge in [-0.25, -0.2) is 0 Å². The molecule has 0 fully saturated rings. The van der Waals surface area contributed by atoms with Gasteiger partial charge in [0, 0.05) is 5.56 Å². The van der Waals surface area contributed by atoms with E-state index in [-0.39, 0.29) is 17.3 Å². The van der Waals surface area contributed by atoms with Crippen LogP contribution in [-0.2, 0) is 0 Å². The Labute approximate surface area is 122 Å². The Balaban J connectivity index is 2.17. The number of ketones is 1. The van der Waals surface area contributed by atoms with Crippen LogP contribution in [0.25, 0.3) is 6.08 Å². The molecular formula is C17H13NO3. The number of phenols is 1. The molecule has 104 valence electrons. The quantitative estimate of drug-likeness (QED) is 0.689. The molecular weight excluding hydrogens is 266 g/mol. The number of methoxy groups -OCH3 is 1. The molecule has 2 rings (SSSR count). The Kier molecular flexibility index (Phi) is 4.37. The number of hydrogen-bond acceptors (Lipinski definition) is 4. The van der Waals surface area contributed by atoms with E-state index < -0.39 is 0 Å². The average Bonchev–Trinajstić information content (AvgIpc) is 2.53. The highest BCUT2D eigenvalue weighted by atomic mass is 16.5. The fraction of sp³-hybridized carbons (Fsp3) is 0.0588. The number of benzene rings is 2. The summed E-state index contributed by atoms with van der Waals surface area (Å²) in [5.41, 5.74) is 1.82. The molecule has 4 heteroatoms. The summed E-state index contributed by atoms with van der Waals surface area (Å²) in [4.78, 5) is 12.0. The van der Waals surface area contributed by atoms with Crippen LogP contribution in [0.1, 0.15) is 21.5 Å². The second-order valence-electron chi connectivity index (χ2n) is 4.32. The van der Waals surface area contributed by atoms with E-state index in [1.807, 2.05) is 6.07 Å². The number of allylic oxidation sites excluding steroid dienone is 1. The van der Waals surface area contributed by atoms with E-state index in [0.717, 1.165) is 5.56 Å². The summed E-state index contributed by atoms with van der Waals surface area (Å²) in [5.74, 6) is 0.0513. The standard InChI is InChI=1S/C17H13NO3/c1-21-17-10-14(7-9-16(17)20)15(19)8-6-12-2-4-13(11-18)5-3-12/h2-10,20H,1H3/b8-6+. The fourth-order valence-corrected chi connectivity index (χ4v) is 1.77. The van der Waals surface area contributed by atoms with Crippen molar-refractivity contribution < 1.29 is 14.6 Å². The zero-order chi connectivity index (χ0) is 15.2. The monoisotopic (exact) mass is 279 g/mol. The second-order valence-corrected chi connectivity index (χ2v) is 4.32. The Morgan fingerprint density at radius 2 is 1.95 bits per heavy atom. The minimum Gasteiger partial charge on any atom is -0.504 e. The largest absolute Gasteiger partial charge is 0.504 e. The van der Waals surface area contributed by atoms with E-state index in [1.54, 1.807) is 30.3 Å². The Hall–Kier alpha value is -3.06. The van der Waals surface area contributed by atoms with Gasteiger partial charge in [0.1, 0.15) is 0 Å². The molecule has 0 spiro atoms. The van der Waals surface area contributed by atoms with E-state index in [4.69, 9.17) is 10.00 Å². The number of ether oxygens (including phenoxy) is 1. The van der Waals surface area contributed by atoms with Crippen molar-refractivity contribution in [2.45, 2.75) is 0 Å². The highest BCUT2D eigenvalue weighted by Crippen LogP contribution is 2.26. The van der Waals surface area contributed by atoms with Crippen LogP contribution in [0.15, 0.2) is 48.5 Å². The highest BCUT2D eigenvalue weighted by Gasteiger charge is 2.07. The molecule has 0 bridgehead atoms. The minimum atomic E-state index is -0.197. The number of hydrogen-bond donors (Lipinski definition) is 1. The number of carbonyl (C=O) groups excluding carboxylic acids is 1. The highest BCUT2D eigenvalue weighted by molar-refractivity contribution is 6.07. The predicted molar refractivity (Wildman–Crippen MR) is 79.2 cm³/mol. The van der Waals surface area contributed by atoms with Gasteiger partial charge in [-0.1, -0.05) is 18.2 Å². The normalized spacial score (nSPS) is 10.3. The molecule has 0 unspecified atom stereocenters. The van der Waals surface area contributed by atoms with Crippen molar-refractivity contribution >= 4 is 11.9 Å². The van der Waals surface area contributed by atoms with Crippen molar-refractivity contribution in [3.63, 3.8) is 0 Å². The lowest BCUT2D eigenvalue weighted by Gasteiger charge is -2.04. The predicted octanol–water partition coefficient (Wildman–Crippen LogP) is 3.17. The van der Waals surface area contributed by atoms with Crippen LogP contribution in [0, 0.1) is 11.3 Å². The molecule has 0 amide bonds. The number of nitriles is 1. The van der Waals surface area contributed by atoms with E-state index in [9.17, 15) is 9.90 Å². The molecule has 0 saturated heterocycles. The zero-order valence-corrected chi connectivity index (χ0v) is 11.4. The molecule has 2 aromatic carbocycles. The van der Waals surface area contributed by atoms with Crippen LogP contribution in [0.3, 0.4) is 0 Å². The molecule has 4 nitrogen and oxygen atoms in total. The summed E-state index contributed by atoms with van der Waals surface area (Å²) in [6.45, 7) is 0. The number of aromatic hydroxyl groups is 1. The van der Waals surface area contributed by atoms with Crippen molar-refractivity contribution in [1.82, 2.24) is 0 Å². The van der Waals surface area contributed by atoms with Gasteiger partial charge in [-0.3, -0.25) is 4.79 Å². The molecule has 0 aliphatic rings. The maximum atomic E-state index is 12.0. The fourth-order valence-electron chi connectivity index (χ4n) is 1.77. The van der Waals surface area contributed by atoms with Crippen LogP contribution in [0.2, 0.25) is 0 Å². The molecule has 21 heavy (non-hydrogen) atoms. The van der Waals surface area contributed by atoms with Gasteiger partial charge in [-0.2, -0.15) is 5.26 Å². The molecule has 0 heterocycles. The Morgan fingerprint density at radius 3 is 2.57 bits per heavy atom. The van der Waals surface area contributed by atoms with Gasteiger partial charge in [0.15, 0.2) is 17.3 Å². The smallest absolute Gasteiger partial charge is 0.185 e. The van der Waals surface area contributed by atoms with Crippen LogP contribution in [0.5, 0.6) is 11.5 Å². The number of carbonyl (C=O) groups is 1. The summed E-state index contributed by atoms with van der Waals surface area (Å²) in [6, 6.07) is 13.4. The molecule has 0 atom stereocenters. The number of nitrogens with zero attached hydrogens (tertiary/aromatic N) is 1. The summed E-state index contributed by atoms with van der Waals surface area (Å²) in [5, 5.41) is 18.2. The number of rotatable bonds is 4. The molecule has 0 saturated carbocycles. The van der Waals surface area contributed by atoms with Crippen molar-refractivity contribution in [2.24, 2.45) is 0 Å². The second kappa shape index (κ2) is 6.40. The van der Waals surface area contributed by atoms with E-state index in [0.29, 0.717) is 11.1 Å². The zero-order valence-electron chi connectivity index (χ0n) is 11.4. The van der Waals surface area contributed by atoms with Gasteiger partial charge in [0.2, 0.25) is 0 Å². The Morgan fingerprint density at radius 1 is 1.24 bits per heavy atom. The van der Waals surface area contributed by atoms with Gasteiger partial charge in [-0.15, -0.1) is 0 Å². The van der Waals surface area contributed by atoms with E-state index in [1.165, 1.54) is 31.4 Å². The molecule has 0 aliphatic heterocycles. The van der Waals surface area contributed by atoms with Crippen LogP contribution >= 0.6 is 0 Å². The molecule has 0 radical (unpaired) electrons. The third kappa shape index (κ3) is 3.48. The lowest BCUT2D eigenvalue weighted by atomic mass is 10.1. The third-order valence-corrected chi connectivity index (χ3v) is 2.93. The summed E-state index contributed by atoms with van der Waals surface area (Å²) >= 11 is 0. The van der Waals surface area contributed by atoms with Gasteiger partial charge >= 0.3 is 0 Å². The van der Waals surface area contributed by atoms with E-state index in [2.05, 4.69) is 0 Å². The van der Waals surface area contributed by atoms with Crippen LogP contribution in [0.4, 0.5) is 0 Å². The first-order valence-corrected chi connectivity index (χ1v) is 6.23. The molecule has 1 N–H and O–H groups in total. The Bertz CT molecular complexity index is 725. The van der Waals surface area contributed by atoms with Crippen molar-refractivity contribution in [3.05, 3.63) is 65.2 Å². The molecule has 2 aromatic rings. The number of phenolic OH excluding ortho intramolecular Hbond substituents is 1. The first-order valence-electron chi connectivity index (χ1n) is 6.23. The lowest BCUT2D eigenvalue weighted by Crippen LogP contribution is -1.95. The first-order chi connectivity index (χ1) is 10.1. The molecule has 0 aliphatic carbocycles. The van der Waals surface area contributed by atoms with Crippen molar-refractivity contribution in [1.29, 1.82) is 5.26 Å². The topological polar surface area (TPSA) is 70.3 Å². The van der Waals surface area contributed by atoms with Crippen molar-refractivity contribution in [3.8, 4) is 17.6 Å². The first kappa shape index (κ1) is 14.4. The van der Waals surface area contributed by atoms with Gasteiger partial charge in [0.25, 0.3) is 0 Å². The van der Waals surface area contributed by atoms with Crippen LogP contribution < -0.4 is 4.74 Å². The van der Waals surface area contributed by atoms with Crippen LogP contribution in [-0.4, -0.2) is 18.0 Å². The lowest BCUT2D eigenvalue weighted by molar-refractivity contribution is 0.104. The summed E-state index contributed by atoms with van der Waals surface area (Å²) in [7, 11) is 1.43. The minimum absolute atomic E-state index is 0.00915. The van der Waals surface area contributed by atoms with Gasteiger partial charge < -0.3 is 9.84 Å². The average molecular weight is 279 g/mol. The van der Waals surface area contributed by atoms with Crippen molar-refractivity contribution in [2.75, 3.05) is 7.11 Å². The van der Waals surface area contributed by atoms with Gasteiger partial charge in [0.05, 0.1) is 18.7 Å². The molecule has 0 aromatic heterocycles.